The molecule has 0 saturated carbocycles. The zero-order valence-electron chi connectivity index (χ0n) is 8.77. The fraction of sp³-hybridized carbons (Fsp3) is 0.308. The first-order valence-corrected chi connectivity index (χ1v) is 5.44. The van der Waals surface area contributed by atoms with Crippen LogP contribution in [0.5, 0.6) is 5.75 Å². The molecule has 1 unspecified atom stereocenters. The molecule has 0 saturated heterocycles. The van der Waals surface area contributed by atoms with Gasteiger partial charge in [0.2, 0.25) is 0 Å². The molecule has 3 rings (SSSR count). The standard InChI is InChI=1S/C13H12O3/c14-12(15)7-9-2-1-8-3-4-11-10(13(8)9)5-6-16-11/h1-4,9H,5-7H2,(H,14,15). The van der Waals surface area contributed by atoms with Crippen LogP contribution in [-0.4, -0.2) is 17.7 Å². The summed E-state index contributed by atoms with van der Waals surface area (Å²) in [7, 11) is 0. The van der Waals surface area contributed by atoms with Crippen molar-refractivity contribution < 1.29 is 14.6 Å². The number of hydrogen-bond donors (Lipinski definition) is 1. The summed E-state index contributed by atoms with van der Waals surface area (Å²) < 4.78 is 5.50. The lowest BCUT2D eigenvalue weighted by molar-refractivity contribution is -0.137. The molecule has 1 aliphatic heterocycles. The van der Waals surface area contributed by atoms with E-state index in [1.807, 2.05) is 24.3 Å². The van der Waals surface area contributed by atoms with Crippen LogP contribution >= 0.6 is 0 Å². The molecule has 82 valence electrons. The summed E-state index contributed by atoms with van der Waals surface area (Å²) in [4.78, 5) is 10.8. The number of carboxylic acids is 1. The first kappa shape index (κ1) is 9.46. The van der Waals surface area contributed by atoms with Gasteiger partial charge in [-0.3, -0.25) is 4.79 Å². The molecule has 0 bridgehead atoms. The third-order valence-electron chi connectivity index (χ3n) is 3.23. The molecule has 1 aromatic carbocycles. The fourth-order valence-electron chi connectivity index (χ4n) is 2.58. The van der Waals surface area contributed by atoms with Gasteiger partial charge in [-0.1, -0.05) is 18.2 Å². The van der Waals surface area contributed by atoms with Crippen molar-refractivity contribution in [1.82, 2.24) is 0 Å². The van der Waals surface area contributed by atoms with Gasteiger partial charge in [0.15, 0.2) is 0 Å². The molecule has 1 aromatic rings. The van der Waals surface area contributed by atoms with E-state index in [4.69, 9.17) is 9.84 Å². The van der Waals surface area contributed by atoms with E-state index in [2.05, 4.69) is 0 Å². The smallest absolute Gasteiger partial charge is 0.304 e. The van der Waals surface area contributed by atoms with Crippen LogP contribution in [0.25, 0.3) is 6.08 Å². The van der Waals surface area contributed by atoms with Crippen LogP contribution in [0, 0.1) is 0 Å². The van der Waals surface area contributed by atoms with Crippen molar-refractivity contribution in [2.45, 2.75) is 18.8 Å². The van der Waals surface area contributed by atoms with E-state index in [1.54, 1.807) is 0 Å². The highest BCUT2D eigenvalue weighted by molar-refractivity contribution is 5.74. The molecule has 1 heterocycles. The van der Waals surface area contributed by atoms with Gasteiger partial charge >= 0.3 is 5.97 Å². The van der Waals surface area contributed by atoms with Gasteiger partial charge in [0.1, 0.15) is 5.75 Å². The SMILES string of the molecule is O=C(O)CC1C=Cc2ccc3c(c21)CCO3. The van der Waals surface area contributed by atoms with Crippen molar-refractivity contribution in [3.05, 3.63) is 34.9 Å². The molecule has 16 heavy (non-hydrogen) atoms. The van der Waals surface area contributed by atoms with Crippen molar-refractivity contribution in [3.63, 3.8) is 0 Å². The maximum absolute atomic E-state index is 10.8. The molecule has 0 amide bonds. The van der Waals surface area contributed by atoms with E-state index in [9.17, 15) is 4.79 Å². The van der Waals surface area contributed by atoms with Crippen molar-refractivity contribution in [2.24, 2.45) is 0 Å². The van der Waals surface area contributed by atoms with E-state index in [-0.39, 0.29) is 12.3 Å². The molecule has 3 heteroatoms. The average molecular weight is 216 g/mol. The highest BCUT2D eigenvalue weighted by atomic mass is 16.5. The van der Waals surface area contributed by atoms with Crippen molar-refractivity contribution >= 4 is 12.0 Å². The van der Waals surface area contributed by atoms with Gasteiger partial charge < -0.3 is 9.84 Å². The molecule has 2 aliphatic rings. The number of fused-ring (bicyclic) bond motifs is 3. The summed E-state index contributed by atoms with van der Waals surface area (Å²) in [6, 6.07) is 3.99. The second-order valence-electron chi connectivity index (χ2n) is 4.21. The highest BCUT2D eigenvalue weighted by Gasteiger charge is 2.27. The monoisotopic (exact) mass is 216 g/mol. The van der Waals surface area contributed by atoms with Crippen LogP contribution < -0.4 is 4.74 Å². The van der Waals surface area contributed by atoms with E-state index >= 15 is 0 Å². The lowest BCUT2D eigenvalue weighted by Crippen LogP contribution is -2.04. The van der Waals surface area contributed by atoms with Crippen LogP contribution in [0.3, 0.4) is 0 Å². The summed E-state index contributed by atoms with van der Waals surface area (Å²) in [5, 5.41) is 8.88. The van der Waals surface area contributed by atoms with Crippen LogP contribution in [0.15, 0.2) is 18.2 Å². The molecule has 1 atom stereocenters. The Morgan fingerprint density at radius 3 is 3.19 bits per heavy atom. The molecule has 0 radical (unpaired) electrons. The number of carbonyl (C=O) groups is 1. The number of carboxylic acid groups (broad SMARTS) is 1. The predicted octanol–water partition coefficient (Wildman–Crippen LogP) is 2.21. The van der Waals surface area contributed by atoms with E-state index in [0.717, 1.165) is 23.3 Å². The molecular weight excluding hydrogens is 204 g/mol. The Morgan fingerprint density at radius 2 is 2.38 bits per heavy atom. The lowest BCUT2D eigenvalue weighted by Gasteiger charge is -2.12. The summed E-state index contributed by atoms with van der Waals surface area (Å²) in [5.41, 5.74) is 3.52. The van der Waals surface area contributed by atoms with Crippen molar-refractivity contribution in [2.75, 3.05) is 6.61 Å². The zero-order valence-corrected chi connectivity index (χ0v) is 8.77. The molecule has 3 nitrogen and oxygen atoms in total. The summed E-state index contributed by atoms with van der Waals surface area (Å²) in [6.45, 7) is 0.714. The maximum Gasteiger partial charge on any atom is 0.304 e. The summed E-state index contributed by atoms with van der Waals surface area (Å²) in [5.74, 6) is 0.195. The molecule has 1 aliphatic carbocycles. The summed E-state index contributed by atoms with van der Waals surface area (Å²) >= 11 is 0. The minimum atomic E-state index is -0.751. The third-order valence-corrected chi connectivity index (χ3v) is 3.23. The van der Waals surface area contributed by atoms with Crippen LogP contribution in [0.2, 0.25) is 0 Å². The Hall–Kier alpha value is -1.77. The Labute approximate surface area is 93.4 Å². The normalized spacial score (nSPS) is 20.4. The number of benzene rings is 1. The first-order chi connectivity index (χ1) is 7.75. The minimum Gasteiger partial charge on any atom is -0.493 e. The fourth-order valence-corrected chi connectivity index (χ4v) is 2.58. The molecular formula is C13H12O3. The van der Waals surface area contributed by atoms with Gasteiger partial charge in [-0.2, -0.15) is 0 Å². The molecule has 1 N–H and O–H groups in total. The Morgan fingerprint density at radius 1 is 1.50 bits per heavy atom. The predicted molar refractivity (Wildman–Crippen MR) is 59.7 cm³/mol. The molecule has 0 spiro atoms. The van der Waals surface area contributed by atoms with Crippen LogP contribution in [0.1, 0.15) is 29.0 Å². The van der Waals surface area contributed by atoms with Gasteiger partial charge in [0, 0.05) is 17.9 Å². The van der Waals surface area contributed by atoms with Crippen molar-refractivity contribution in [3.8, 4) is 5.75 Å². The van der Waals surface area contributed by atoms with E-state index in [0.29, 0.717) is 6.61 Å². The first-order valence-electron chi connectivity index (χ1n) is 5.44. The summed E-state index contributed by atoms with van der Waals surface area (Å²) in [6.07, 6.45) is 5.06. The van der Waals surface area contributed by atoms with Crippen LogP contribution in [0.4, 0.5) is 0 Å². The Bertz CT molecular complexity index is 488. The maximum atomic E-state index is 10.8. The van der Waals surface area contributed by atoms with E-state index in [1.165, 1.54) is 5.56 Å². The van der Waals surface area contributed by atoms with Crippen LogP contribution in [-0.2, 0) is 11.2 Å². The Kier molecular flexibility index (Phi) is 1.99. The number of ether oxygens (including phenoxy) is 1. The average Bonchev–Trinajstić information content (AvgIpc) is 2.82. The highest BCUT2D eigenvalue weighted by Crippen LogP contribution is 2.41. The van der Waals surface area contributed by atoms with Gasteiger partial charge in [0.25, 0.3) is 0 Å². The molecule has 0 fully saturated rings. The largest absolute Gasteiger partial charge is 0.493 e. The third kappa shape index (κ3) is 1.32. The van der Waals surface area contributed by atoms with E-state index < -0.39 is 5.97 Å². The minimum absolute atomic E-state index is 0.0177. The van der Waals surface area contributed by atoms with Gasteiger partial charge in [-0.05, 0) is 17.2 Å². The van der Waals surface area contributed by atoms with Gasteiger partial charge in [-0.25, -0.2) is 0 Å². The topological polar surface area (TPSA) is 46.5 Å². The van der Waals surface area contributed by atoms with Crippen molar-refractivity contribution in [1.29, 1.82) is 0 Å². The quantitative estimate of drug-likeness (QED) is 0.824. The lowest BCUT2D eigenvalue weighted by atomic mass is 9.91. The number of aliphatic carboxylic acids is 1. The zero-order chi connectivity index (χ0) is 11.1. The van der Waals surface area contributed by atoms with Gasteiger partial charge in [-0.15, -0.1) is 0 Å². The second kappa shape index (κ2) is 3.37. The number of hydrogen-bond acceptors (Lipinski definition) is 2. The second-order valence-corrected chi connectivity index (χ2v) is 4.21. The Balaban J connectivity index is 2.06. The number of allylic oxidation sites excluding steroid dienone is 1. The number of rotatable bonds is 2. The molecule has 0 aromatic heterocycles. The van der Waals surface area contributed by atoms with Gasteiger partial charge in [0.05, 0.1) is 13.0 Å².